The van der Waals surface area contributed by atoms with E-state index >= 15 is 0 Å². The maximum atomic E-state index is 10.6. The minimum absolute atomic E-state index is 0.0290. The van der Waals surface area contributed by atoms with Gasteiger partial charge in [0.05, 0.1) is 30.4 Å². The van der Waals surface area contributed by atoms with Gasteiger partial charge in [0.25, 0.3) is 0 Å². The molecule has 8 nitrogen and oxygen atoms in total. The van der Waals surface area contributed by atoms with Gasteiger partial charge >= 0.3 is 0 Å². The van der Waals surface area contributed by atoms with Crippen LogP contribution >= 0.6 is 0 Å². The van der Waals surface area contributed by atoms with Crippen LogP contribution in [0.1, 0.15) is 19.8 Å². The number of nitrogens with two attached hydrogens (primary N) is 1. The summed E-state index contributed by atoms with van der Waals surface area (Å²) in [5.74, 6) is 0. The van der Waals surface area contributed by atoms with E-state index in [1.54, 1.807) is 7.05 Å². The predicted octanol–water partition coefficient (Wildman–Crippen LogP) is -1.61. The zero-order valence-electron chi connectivity index (χ0n) is 13.8. The second kappa shape index (κ2) is 6.72. The van der Waals surface area contributed by atoms with Crippen LogP contribution in [0, 0.1) is 0 Å². The van der Waals surface area contributed by atoms with E-state index in [-0.39, 0.29) is 12.1 Å². The van der Waals surface area contributed by atoms with Crippen LogP contribution in [-0.4, -0.2) is 85.0 Å². The summed E-state index contributed by atoms with van der Waals surface area (Å²) in [6.45, 7) is 1.96. The first-order valence-electron chi connectivity index (χ1n) is 8.15. The Labute approximate surface area is 136 Å². The second-order valence-electron chi connectivity index (χ2n) is 6.58. The van der Waals surface area contributed by atoms with Gasteiger partial charge in [0.15, 0.2) is 6.29 Å². The monoisotopic (exact) mass is 329 g/mol. The molecule has 8 heteroatoms. The lowest BCUT2D eigenvalue weighted by atomic mass is 9.81. The van der Waals surface area contributed by atoms with Crippen molar-refractivity contribution >= 4 is 5.71 Å². The number of ether oxygens (including phenoxy) is 3. The third-order valence-corrected chi connectivity index (χ3v) is 5.24. The summed E-state index contributed by atoms with van der Waals surface area (Å²) in [6.07, 6.45) is -1.96. The Balaban J connectivity index is 1.74. The van der Waals surface area contributed by atoms with Crippen LogP contribution in [0.25, 0.3) is 0 Å². The van der Waals surface area contributed by atoms with Crippen LogP contribution in [0.3, 0.4) is 0 Å². The number of nitrogens with zero attached hydrogens (tertiary/aromatic N) is 1. The number of likely N-dealkylation sites (N-methyl/N-ethyl adjacent to an activating group) is 1. The number of rotatable bonds is 4. The summed E-state index contributed by atoms with van der Waals surface area (Å²) in [6, 6.07) is -1.33. The van der Waals surface area contributed by atoms with Gasteiger partial charge in [-0.05, 0) is 26.8 Å². The fourth-order valence-electron chi connectivity index (χ4n) is 3.88. The van der Waals surface area contributed by atoms with E-state index in [0.717, 1.165) is 18.6 Å². The van der Waals surface area contributed by atoms with E-state index in [2.05, 4.69) is 10.3 Å². The Morgan fingerprint density at radius 3 is 2.52 bits per heavy atom. The minimum Gasteiger partial charge on any atom is -0.389 e. The Bertz CT molecular complexity index is 462. The first kappa shape index (κ1) is 17.2. The Hall–Kier alpha value is -0.610. The van der Waals surface area contributed by atoms with Gasteiger partial charge in [-0.15, -0.1) is 0 Å². The van der Waals surface area contributed by atoms with Crippen LogP contribution in [0.15, 0.2) is 4.99 Å². The van der Waals surface area contributed by atoms with Crippen molar-refractivity contribution in [3.63, 3.8) is 0 Å². The molecular weight excluding hydrogens is 302 g/mol. The average molecular weight is 329 g/mol. The molecular formula is C15H27N3O5. The summed E-state index contributed by atoms with van der Waals surface area (Å²) >= 11 is 0. The molecule has 0 amide bonds. The lowest BCUT2D eigenvalue weighted by Gasteiger charge is -2.48. The first-order chi connectivity index (χ1) is 11.0. The Morgan fingerprint density at radius 2 is 2.00 bits per heavy atom. The molecule has 132 valence electrons. The maximum absolute atomic E-state index is 10.6. The molecule has 5 N–H and O–H groups in total. The van der Waals surface area contributed by atoms with Crippen molar-refractivity contribution in [2.24, 2.45) is 10.7 Å². The fraction of sp³-hybridized carbons (Fsp3) is 0.933. The molecule has 1 saturated carbocycles. The van der Waals surface area contributed by atoms with Gasteiger partial charge in [-0.2, -0.15) is 0 Å². The second-order valence-corrected chi connectivity index (χ2v) is 6.58. The number of hydrogen-bond donors (Lipinski definition) is 4. The summed E-state index contributed by atoms with van der Waals surface area (Å²) in [5, 5.41) is 24.0. The number of aliphatic hydroxyl groups excluding tert-OH is 2. The molecule has 0 radical (unpaired) electrons. The normalized spacial score (nSPS) is 50.0. The van der Waals surface area contributed by atoms with E-state index in [4.69, 9.17) is 19.9 Å². The fourth-order valence-corrected chi connectivity index (χ4v) is 3.88. The third-order valence-electron chi connectivity index (χ3n) is 5.24. The largest absolute Gasteiger partial charge is 0.389 e. The molecule has 4 rings (SSSR count). The third kappa shape index (κ3) is 2.93. The van der Waals surface area contributed by atoms with Gasteiger partial charge in [-0.1, -0.05) is 0 Å². The van der Waals surface area contributed by atoms with Crippen LogP contribution in [0.5, 0.6) is 0 Å². The highest BCUT2D eigenvalue weighted by molar-refractivity contribution is 5.87. The number of nitrogens with one attached hydrogen (secondary N) is 1. The first-order valence-corrected chi connectivity index (χ1v) is 8.15. The van der Waals surface area contributed by atoms with Crippen molar-refractivity contribution in [3.8, 4) is 0 Å². The average Bonchev–Trinajstić information content (AvgIpc) is 2.55. The summed E-state index contributed by atoms with van der Waals surface area (Å²) < 4.78 is 17.2. The van der Waals surface area contributed by atoms with E-state index in [9.17, 15) is 10.2 Å². The van der Waals surface area contributed by atoms with Gasteiger partial charge < -0.3 is 35.5 Å². The van der Waals surface area contributed by atoms with Gasteiger partial charge in [-0.25, -0.2) is 0 Å². The highest BCUT2D eigenvalue weighted by Gasteiger charge is 2.51. The van der Waals surface area contributed by atoms with Crippen molar-refractivity contribution in [1.29, 1.82) is 0 Å². The molecule has 0 aromatic carbocycles. The van der Waals surface area contributed by atoms with Crippen molar-refractivity contribution < 1.29 is 24.4 Å². The number of hydrogen-bond acceptors (Lipinski definition) is 8. The molecule has 2 bridgehead atoms. The smallest absolute Gasteiger partial charge is 0.181 e. The van der Waals surface area contributed by atoms with Gasteiger partial charge in [0.1, 0.15) is 18.2 Å². The minimum atomic E-state index is -0.947. The highest BCUT2D eigenvalue weighted by Crippen LogP contribution is 2.33. The van der Waals surface area contributed by atoms with Crippen LogP contribution in [-0.2, 0) is 14.2 Å². The molecule has 9 unspecified atom stereocenters. The zero-order chi connectivity index (χ0) is 16.7. The van der Waals surface area contributed by atoms with E-state index in [0.29, 0.717) is 0 Å². The molecule has 2 fully saturated rings. The number of aliphatic hydroxyl groups is 2. The van der Waals surface area contributed by atoms with Crippen LogP contribution < -0.4 is 11.1 Å². The number of aliphatic imine (C=N–C) groups is 1. The molecule has 1 saturated heterocycles. The molecule has 4 aliphatic rings. The van der Waals surface area contributed by atoms with Crippen LogP contribution in [0.4, 0.5) is 0 Å². The standard InChI is InChI=1S/C15H27N3O5/c1-6-8-5-4-7(18-6)15(22-8)23-13-9(16)11(19)14(21-3)10(17-2)12(13)20/h7-15,17,19-20H,4-5,16H2,1-3H3. The van der Waals surface area contributed by atoms with Gasteiger partial charge in [0.2, 0.25) is 0 Å². The number of methoxy groups -OCH3 is 1. The summed E-state index contributed by atoms with van der Waals surface area (Å²) in [7, 11) is 3.19. The molecule has 0 spiro atoms. The predicted molar refractivity (Wildman–Crippen MR) is 83.3 cm³/mol. The summed E-state index contributed by atoms with van der Waals surface area (Å²) in [5.41, 5.74) is 7.09. The molecule has 0 aromatic heterocycles. The summed E-state index contributed by atoms with van der Waals surface area (Å²) in [4.78, 5) is 4.58. The molecule has 1 aliphatic carbocycles. The van der Waals surface area contributed by atoms with E-state index < -0.39 is 42.8 Å². The molecule has 3 aliphatic heterocycles. The van der Waals surface area contributed by atoms with E-state index in [1.807, 2.05) is 6.92 Å². The molecule has 23 heavy (non-hydrogen) atoms. The molecule has 9 atom stereocenters. The van der Waals surface area contributed by atoms with Gasteiger partial charge in [0, 0.05) is 12.8 Å². The lowest BCUT2D eigenvalue weighted by Crippen LogP contribution is -2.71. The van der Waals surface area contributed by atoms with Crippen LogP contribution in [0.2, 0.25) is 0 Å². The molecule has 3 heterocycles. The van der Waals surface area contributed by atoms with Crippen molar-refractivity contribution in [3.05, 3.63) is 0 Å². The zero-order valence-corrected chi connectivity index (χ0v) is 13.8. The highest BCUT2D eigenvalue weighted by atomic mass is 16.7. The topological polar surface area (TPSA) is 119 Å². The van der Waals surface area contributed by atoms with E-state index in [1.165, 1.54) is 7.11 Å². The van der Waals surface area contributed by atoms with Crippen molar-refractivity contribution in [2.75, 3.05) is 14.2 Å². The maximum Gasteiger partial charge on any atom is 0.181 e. The lowest BCUT2D eigenvalue weighted by molar-refractivity contribution is -0.256. The quantitative estimate of drug-likeness (QED) is 0.490. The van der Waals surface area contributed by atoms with Crippen molar-refractivity contribution in [2.45, 2.75) is 74.7 Å². The number of fused-ring (bicyclic) bond motifs is 2. The van der Waals surface area contributed by atoms with Crippen molar-refractivity contribution in [1.82, 2.24) is 5.32 Å². The molecule has 0 aromatic rings. The SMILES string of the molecule is CNC1C(O)C(OC2OC3CCC2N=C3C)C(N)C(O)C1OC. The Kier molecular flexibility index (Phi) is 5.03. The Morgan fingerprint density at radius 1 is 1.26 bits per heavy atom. The van der Waals surface area contributed by atoms with Gasteiger partial charge in [-0.3, -0.25) is 4.99 Å².